The van der Waals surface area contributed by atoms with Gasteiger partial charge in [-0.05, 0) is 53.9 Å². The molecule has 2 bridgehead atoms. The third-order valence-electron chi connectivity index (χ3n) is 7.69. The molecule has 0 aromatic heterocycles. The molecular weight excluding hydrogens is 432 g/mol. The second kappa shape index (κ2) is 8.15. The molecule has 0 spiro atoms. The van der Waals surface area contributed by atoms with Gasteiger partial charge in [-0.1, -0.05) is 55.5 Å². The highest BCUT2D eigenvalue weighted by Gasteiger charge is 2.68. The molecular formula is C27H30N2O5. The zero-order chi connectivity index (χ0) is 24.1. The molecule has 0 radical (unpaired) electrons. The maximum absolute atomic E-state index is 12.8. The van der Waals surface area contributed by atoms with Crippen LogP contribution in [0.1, 0.15) is 56.6 Å². The molecule has 34 heavy (non-hydrogen) atoms. The standard InChI is InChI=1S/C27H30N2O5/c1-17(11-12-23(30)29-16-26(2)14-27(29,15-26)24(31)32)28-25(33)34-13-22-20-9-5-3-7-18(20)19-8-4-6-10-21(19)22/h3-10,17,22H,11-16H2,1-2H3,(H,28,33)(H,31,32). The summed E-state index contributed by atoms with van der Waals surface area (Å²) in [5.41, 5.74) is 3.54. The van der Waals surface area contributed by atoms with E-state index in [1.165, 1.54) is 16.0 Å². The molecule has 178 valence electrons. The average molecular weight is 463 g/mol. The highest BCUT2D eigenvalue weighted by Crippen LogP contribution is 2.59. The van der Waals surface area contributed by atoms with E-state index in [4.69, 9.17) is 4.74 Å². The number of fused-ring (bicyclic) bond motifs is 4. The molecule has 2 saturated heterocycles. The van der Waals surface area contributed by atoms with Crippen molar-refractivity contribution in [1.82, 2.24) is 10.2 Å². The maximum atomic E-state index is 12.8. The maximum Gasteiger partial charge on any atom is 0.407 e. The highest BCUT2D eigenvalue weighted by atomic mass is 16.5. The summed E-state index contributed by atoms with van der Waals surface area (Å²) in [4.78, 5) is 38.6. The average Bonchev–Trinajstić information content (AvgIpc) is 3.40. The lowest BCUT2D eigenvalue weighted by Crippen LogP contribution is -2.56. The number of benzene rings is 2. The number of rotatable bonds is 7. The molecule has 1 atom stereocenters. The van der Waals surface area contributed by atoms with Gasteiger partial charge in [-0.2, -0.15) is 0 Å². The van der Waals surface area contributed by atoms with E-state index < -0.39 is 17.6 Å². The highest BCUT2D eigenvalue weighted by molar-refractivity contribution is 5.90. The monoisotopic (exact) mass is 462 g/mol. The van der Waals surface area contributed by atoms with Gasteiger partial charge in [-0.3, -0.25) is 4.79 Å². The van der Waals surface area contributed by atoms with Crippen molar-refractivity contribution in [3.05, 3.63) is 59.7 Å². The van der Waals surface area contributed by atoms with E-state index in [9.17, 15) is 19.5 Å². The topological polar surface area (TPSA) is 95.9 Å². The molecule has 4 aliphatic rings. The fraction of sp³-hybridized carbons (Fsp3) is 0.444. The van der Waals surface area contributed by atoms with Crippen LogP contribution in [0.25, 0.3) is 11.1 Å². The summed E-state index contributed by atoms with van der Waals surface area (Å²) in [6.07, 6.45) is 1.14. The molecule has 1 unspecified atom stereocenters. The number of aliphatic carboxylic acids is 1. The second-order valence-corrected chi connectivity index (χ2v) is 10.4. The van der Waals surface area contributed by atoms with Crippen molar-refractivity contribution in [3.63, 3.8) is 0 Å². The Morgan fingerprint density at radius 1 is 1.09 bits per heavy atom. The van der Waals surface area contributed by atoms with Crippen LogP contribution in [0.2, 0.25) is 0 Å². The number of carbonyl (C=O) groups excluding carboxylic acids is 2. The molecule has 3 fully saturated rings. The van der Waals surface area contributed by atoms with Crippen molar-refractivity contribution in [2.24, 2.45) is 5.41 Å². The minimum atomic E-state index is -1.03. The molecule has 2 aromatic rings. The lowest BCUT2D eigenvalue weighted by molar-refractivity contribution is -0.160. The number of amides is 2. The third kappa shape index (κ3) is 3.63. The Bertz CT molecular complexity index is 1110. The van der Waals surface area contributed by atoms with Crippen molar-refractivity contribution in [2.45, 2.75) is 57.0 Å². The van der Waals surface area contributed by atoms with E-state index >= 15 is 0 Å². The first-order valence-corrected chi connectivity index (χ1v) is 11.9. The summed E-state index contributed by atoms with van der Waals surface area (Å²) in [5.74, 6) is -1.09. The quantitative estimate of drug-likeness (QED) is 0.644. The van der Waals surface area contributed by atoms with Crippen LogP contribution in [0, 0.1) is 5.41 Å². The van der Waals surface area contributed by atoms with E-state index in [0.29, 0.717) is 25.8 Å². The summed E-state index contributed by atoms with van der Waals surface area (Å²) in [5, 5.41) is 12.5. The Labute approximate surface area is 199 Å². The van der Waals surface area contributed by atoms with E-state index in [1.807, 2.05) is 38.1 Å². The van der Waals surface area contributed by atoms with E-state index in [0.717, 1.165) is 11.1 Å². The minimum Gasteiger partial charge on any atom is -0.479 e. The Morgan fingerprint density at radius 3 is 2.26 bits per heavy atom. The van der Waals surface area contributed by atoms with Gasteiger partial charge in [-0.15, -0.1) is 0 Å². The van der Waals surface area contributed by atoms with Crippen LogP contribution >= 0.6 is 0 Å². The molecule has 2 heterocycles. The number of carbonyl (C=O) groups is 3. The van der Waals surface area contributed by atoms with Gasteiger partial charge in [0.05, 0.1) is 0 Å². The lowest BCUT2D eigenvalue weighted by atomic mass is 9.63. The number of hydrogen-bond acceptors (Lipinski definition) is 4. The zero-order valence-electron chi connectivity index (χ0n) is 19.5. The van der Waals surface area contributed by atoms with Crippen molar-refractivity contribution < 1.29 is 24.2 Å². The van der Waals surface area contributed by atoms with Crippen LogP contribution < -0.4 is 5.32 Å². The smallest absolute Gasteiger partial charge is 0.407 e. The van der Waals surface area contributed by atoms with Gasteiger partial charge in [0.15, 0.2) is 0 Å². The van der Waals surface area contributed by atoms with Gasteiger partial charge in [0.2, 0.25) is 5.91 Å². The molecule has 2 aliphatic heterocycles. The predicted octanol–water partition coefficient (Wildman–Crippen LogP) is 4.16. The largest absolute Gasteiger partial charge is 0.479 e. The number of alkyl carbamates (subject to hydrolysis) is 1. The Morgan fingerprint density at radius 2 is 1.68 bits per heavy atom. The molecule has 2 aliphatic carbocycles. The number of nitrogens with zero attached hydrogens (tertiary/aromatic N) is 1. The first kappa shape index (κ1) is 22.4. The Balaban J connectivity index is 1.13. The van der Waals surface area contributed by atoms with Crippen molar-refractivity contribution in [2.75, 3.05) is 13.2 Å². The number of ether oxygens (including phenoxy) is 1. The summed E-state index contributed by atoms with van der Waals surface area (Å²) in [7, 11) is 0. The van der Waals surface area contributed by atoms with Gasteiger partial charge in [0, 0.05) is 24.9 Å². The molecule has 7 heteroatoms. The third-order valence-corrected chi connectivity index (χ3v) is 7.69. The molecule has 6 rings (SSSR count). The van der Waals surface area contributed by atoms with Crippen LogP contribution in [0.5, 0.6) is 0 Å². The number of hydrogen-bond donors (Lipinski definition) is 2. The molecule has 2 aromatic carbocycles. The van der Waals surface area contributed by atoms with Gasteiger partial charge in [-0.25, -0.2) is 9.59 Å². The molecule has 2 amide bonds. The molecule has 1 saturated carbocycles. The predicted molar refractivity (Wildman–Crippen MR) is 126 cm³/mol. The first-order valence-electron chi connectivity index (χ1n) is 11.9. The fourth-order valence-electron chi connectivity index (χ4n) is 6.18. The van der Waals surface area contributed by atoms with Gasteiger partial charge < -0.3 is 20.1 Å². The molecule has 7 nitrogen and oxygen atoms in total. The SMILES string of the molecule is CC(CCC(=O)N1CC2(C)CC1(C(=O)O)C2)NC(=O)OCC1c2ccccc2-c2ccccc21. The summed E-state index contributed by atoms with van der Waals surface area (Å²) < 4.78 is 5.58. The normalized spacial score (nSPS) is 25.2. The van der Waals surface area contributed by atoms with Crippen LogP contribution in [-0.4, -0.2) is 52.7 Å². The van der Waals surface area contributed by atoms with E-state index in [1.54, 1.807) is 0 Å². The number of nitrogens with one attached hydrogen (secondary N) is 1. The summed E-state index contributed by atoms with van der Waals surface area (Å²) in [6.45, 7) is 4.58. The molecule has 2 N–H and O–H groups in total. The van der Waals surface area contributed by atoms with E-state index in [2.05, 4.69) is 29.6 Å². The minimum absolute atomic E-state index is 0.00902. The summed E-state index contributed by atoms with van der Waals surface area (Å²) >= 11 is 0. The van der Waals surface area contributed by atoms with Crippen molar-refractivity contribution in [3.8, 4) is 11.1 Å². The van der Waals surface area contributed by atoms with Crippen molar-refractivity contribution >= 4 is 18.0 Å². The first-order chi connectivity index (χ1) is 16.2. The second-order valence-electron chi connectivity index (χ2n) is 10.4. The van der Waals surface area contributed by atoms with Crippen molar-refractivity contribution in [1.29, 1.82) is 0 Å². The van der Waals surface area contributed by atoms with E-state index in [-0.39, 0.29) is 36.3 Å². The summed E-state index contributed by atoms with van der Waals surface area (Å²) in [6, 6.07) is 16.1. The lowest BCUT2D eigenvalue weighted by Gasteiger charge is -2.42. The number of carboxylic acid groups (broad SMARTS) is 1. The zero-order valence-corrected chi connectivity index (χ0v) is 19.5. The number of carboxylic acids is 1. The van der Waals surface area contributed by atoms with Crippen LogP contribution in [0.4, 0.5) is 4.79 Å². The Hall–Kier alpha value is -3.35. The van der Waals surface area contributed by atoms with Gasteiger partial charge in [0.25, 0.3) is 0 Å². The van der Waals surface area contributed by atoms with Gasteiger partial charge in [0.1, 0.15) is 12.1 Å². The van der Waals surface area contributed by atoms with Crippen LogP contribution in [-0.2, 0) is 14.3 Å². The van der Waals surface area contributed by atoms with Crippen LogP contribution in [0.15, 0.2) is 48.5 Å². The fourth-order valence-corrected chi connectivity index (χ4v) is 6.18. The van der Waals surface area contributed by atoms with Crippen LogP contribution in [0.3, 0.4) is 0 Å². The van der Waals surface area contributed by atoms with Gasteiger partial charge >= 0.3 is 12.1 Å². The Kier molecular flexibility index (Phi) is 5.38.